The van der Waals surface area contributed by atoms with Crippen LogP contribution < -0.4 is 5.32 Å². The standard InChI is InChI=1S/C18H20N6/c1-13-22-23-17-8-7-14(12-24(13)17)11-20-16-9-10-19-18(21-16)15-5-3-2-4-6-15/h2-6,9-10,14H,7-8,11-12H2,1H3,(H,19,20,21)/t14-/m1/s1. The van der Waals surface area contributed by atoms with Gasteiger partial charge in [0.2, 0.25) is 0 Å². The van der Waals surface area contributed by atoms with E-state index in [4.69, 9.17) is 0 Å². The van der Waals surface area contributed by atoms with Crippen LogP contribution in [0.5, 0.6) is 0 Å². The van der Waals surface area contributed by atoms with Crippen LogP contribution in [-0.4, -0.2) is 31.3 Å². The number of fused-ring (bicyclic) bond motifs is 1. The summed E-state index contributed by atoms with van der Waals surface area (Å²) in [7, 11) is 0. The zero-order valence-electron chi connectivity index (χ0n) is 13.7. The molecule has 0 saturated heterocycles. The van der Waals surface area contributed by atoms with Gasteiger partial charge < -0.3 is 9.88 Å². The second kappa shape index (κ2) is 6.39. The molecule has 0 unspecified atom stereocenters. The lowest BCUT2D eigenvalue weighted by atomic mass is 9.99. The summed E-state index contributed by atoms with van der Waals surface area (Å²) in [5.41, 5.74) is 1.03. The molecular weight excluding hydrogens is 300 g/mol. The summed E-state index contributed by atoms with van der Waals surface area (Å²) in [4.78, 5) is 8.99. The Hall–Kier alpha value is -2.76. The van der Waals surface area contributed by atoms with Gasteiger partial charge in [-0.3, -0.25) is 0 Å². The van der Waals surface area contributed by atoms with Crippen molar-refractivity contribution in [1.82, 2.24) is 24.7 Å². The summed E-state index contributed by atoms with van der Waals surface area (Å²) in [6, 6.07) is 12.0. The van der Waals surface area contributed by atoms with E-state index in [0.717, 1.165) is 54.8 Å². The van der Waals surface area contributed by atoms with Crippen molar-refractivity contribution in [3.05, 3.63) is 54.2 Å². The molecule has 4 rings (SSSR count). The first-order chi connectivity index (χ1) is 11.8. The van der Waals surface area contributed by atoms with Gasteiger partial charge in [-0.2, -0.15) is 0 Å². The molecule has 0 amide bonds. The summed E-state index contributed by atoms with van der Waals surface area (Å²) in [6.07, 6.45) is 3.93. The maximum absolute atomic E-state index is 4.63. The van der Waals surface area contributed by atoms with Gasteiger partial charge in [-0.25, -0.2) is 9.97 Å². The van der Waals surface area contributed by atoms with E-state index in [2.05, 4.69) is 30.0 Å². The van der Waals surface area contributed by atoms with Crippen LogP contribution in [-0.2, 0) is 13.0 Å². The van der Waals surface area contributed by atoms with Crippen LogP contribution in [0.25, 0.3) is 11.4 Å². The summed E-state index contributed by atoms with van der Waals surface area (Å²) in [5.74, 6) is 4.29. The fourth-order valence-corrected chi connectivity index (χ4v) is 3.13. The first-order valence-electron chi connectivity index (χ1n) is 8.30. The number of nitrogens with one attached hydrogen (secondary N) is 1. The molecule has 1 aliphatic rings. The Morgan fingerprint density at radius 2 is 2.04 bits per heavy atom. The monoisotopic (exact) mass is 320 g/mol. The quantitative estimate of drug-likeness (QED) is 0.800. The first kappa shape index (κ1) is 14.8. The predicted octanol–water partition coefficient (Wildman–Crippen LogP) is 2.72. The van der Waals surface area contributed by atoms with Crippen LogP contribution >= 0.6 is 0 Å². The van der Waals surface area contributed by atoms with Crippen molar-refractivity contribution in [2.45, 2.75) is 26.3 Å². The van der Waals surface area contributed by atoms with Crippen molar-refractivity contribution in [2.75, 3.05) is 11.9 Å². The van der Waals surface area contributed by atoms with E-state index < -0.39 is 0 Å². The van der Waals surface area contributed by atoms with Gasteiger partial charge >= 0.3 is 0 Å². The molecule has 2 aromatic heterocycles. The number of nitrogens with zero attached hydrogens (tertiary/aromatic N) is 5. The second-order valence-electron chi connectivity index (χ2n) is 6.19. The van der Waals surface area contributed by atoms with Crippen LogP contribution in [0.3, 0.4) is 0 Å². The number of anilines is 1. The molecule has 0 radical (unpaired) electrons. The fourth-order valence-electron chi connectivity index (χ4n) is 3.13. The van der Waals surface area contributed by atoms with Gasteiger partial charge in [0.1, 0.15) is 17.5 Å². The Morgan fingerprint density at radius 1 is 1.17 bits per heavy atom. The highest BCUT2D eigenvalue weighted by molar-refractivity contribution is 5.56. The third-order valence-corrected chi connectivity index (χ3v) is 4.49. The number of benzene rings is 1. The molecule has 3 aromatic rings. The third kappa shape index (κ3) is 2.99. The molecule has 0 aliphatic carbocycles. The molecular formula is C18H20N6. The van der Waals surface area contributed by atoms with Crippen molar-refractivity contribution in [1.29, 1.82) is 0 Å². The van der Waals surface area contributed by atoms with Crippen molar-refractivity contribution in [3.63, 3.8) is 0 Å². The zero-order valence-corrected chi connectivity index (χ0v) is 13.7. The maximum Gasteiger partial charge on any atom is 0.161 e. The van der Waals surface area contributed by atoms with Gasteiger partial charge in [0.15, 0.2) is 5.82 Å². The Kier molecular flexibility index (Phi) is 3.94. The van der Waals surface area contributed by atoms with Gasteiger partial charge in [-0.05, 0) is 25.3 Å². The van der Waals surface area contributed by atoms with E-state index >= 15 is 0 Å². The van der Waals surface area contributed by atoms with E-state index in [1.54, 1.807) is 6.20 Å². The summed E-state index contributed by atoms with van der Waals surface area (Å²) >= 11 is 0. The van der Waals surface area contributed by atoms with Crippen molar-refractivity contribution in [2.24, 2.45) is 5.92 Å². The molecule has 0 fully saturated rings. The van der Waals surface area contributed by atoms with E-state index in [0.29, 0.717) is 5.92 Å². The largest absolute Gasteiger partial charge is 0.370 e. The topological polar surface area (TPSA) is 68.5 Å². The zero-order chi connectivity index (χ0) is 16.4. The molecule has 6 heteroatoms. The molecule has 0 spiro atoms. The van der Waals surface area contributed by atoms with E-state index in [-0.39, 0.29) is 0 Å². The van der Waals surface area contributed by atoms with Gasteiger partial charge in [-0.1, -0.05) is 30.3 Å². The smallest absolute Gasteiger partial charge is 0.161 e. The maximum atomic E-state index is 4.63. The predicted molar refractivity (Wildman–Crippen MR) is 92.5 cm³/mol. The van der Waals surface area contributed by atoms with Crippen LogP contribution in [0.2, 0.25) is 0 Å². The van der Waals surface area contributed by atoms with Gasteiger partial charge in [0, 0.05) is 31.3 Å². The fraction of sp³-hybridized carbons (Fsp3) is 0.333. The highest BCUT2D eigenvalue weighted by atomic mass is 15.3. The first-order valence-corrected chi connectivity index (χ1v) is 8.30. The number of hydrogen-bond donors (Lipinski definition) is 1. The van der Waals surface area contributed by atoms with Gasteiger partial charge in [0.05, 0.1) is 0 Å². The van der Waals surface area contributed by atoms with Crippen LogP contribution in [0.15, 0.2) is 42.6 Å². The average molecular weight is 320 g/mol. The Morgan fingerprint density at radius 3 is 2.92 bits per heavy atom. The van der Waals surface area contributed by atoms with Gasteiger partial charge in [0.25, 0.3) is 0 Å². The minimum atomic E-state index is 0.558. The minimum Gasteiger partial charge on any atom is -0.370 e. The van der Waals surface area contributed by atoms with Crippen LogP contribution in [0, 0.1) is 12.8 Å². The van der Waals surface area contributed by atoms with Crippen LogP contribution in [0.4, 0.5) is 5.82 Å². The Bertz CT molecular complexity index is 827. The number of aryl methyl sites for hydroxylation is 2. The molecule has 1 atom stereocenters. The van der Waals surface area contributed by atoms with Gasteiger partial charge in [-0.15, -0.1) is 10.2 Å². The van der Waals surface area contributed by atoms with Crippen molar-refractivity contribution in [3.8, 4) is 11.4 Å². The van der Waals surface area contributed by atoms with E-state index in [9.17, 15) is 0 Å². The normalized spacial score (nSPS) is 16.6. The van der Waals surface area contributed by atoms with Crippen LogP contribution in [0.1, 0.15) is 18.1 Å². The Labute approximate surface area is 141 Å². The molecule has 0 saturated carbocycles. The number of aromatic nitrogens is 5. The molecule has 6 nitrogen and oxygen atoms in total. The lowest BCUT2D eigenvalue weighted by Gasteiger charge is -2.24. The highest BCUT2D eigenvalue weighted by Gasteiger charge is 2.21. The summed E-state index contributed by atoms with van der Waals surface area (Å²) in [5, 5.41) is 11.9. The second-order valence-corrected chi connectivity index (χ2v) is 6.19. The molecule has 3 heterocycles. The molecule has 122 valence electrons. The number of rotatable bonds is 4. The Balaban J connectivity index is 1.43. The molecule has 1 aliphatic heterocycles. The molecule has 1 N–H and O–H groups in total. The third-order valence-electron chi connectivity index (χ3n) is 4.49. The summed E-state index contributed by atoms with van der Waals surface area (Å²) < 4.78 is 2.23. The molecule has 1 aromatic carbocycles. The number of hydrogen-bond acceptors (Lipinski definition) is 5. The minimum absolute atomic E-state index is 0.558. The lowest BCUT2D eigenvalue weighted by Crippen LogP contribution is -2.27. The van der Waals surface area contributed by atoms with E-state index in [1.165, 1.54) is 0 Å². The average Bonchev–Trinajstić information content (AvgIpc) is 3.02. The lowest BCUT2D eigenvalue weighted by molar-refractivity contribution is 0.376. The van der Waals surface area contributed by atoms with Crippen molar-refractivity contribution >= 4 is 5.82 Å². The van der Waals surface area contributed by atoms with E-state index in [1.807, 2.05) is 43.3 Å². The van der Waals surface area contributed by atoms with Crippen molar-refractivity contribution < 1.29 is 0 Å². The SMILES string of the molecule is Cc1nnc2n1C[C@@H](CNc1ccnc(-c3ccccc3)n1)CC2. The molecule has 24 heavy (non-hydrogen) atoms. The molecule has 0 bridgehead atoms. The summed E-state index contributed by atoms with van der Waals surface area (Å²) in [6.45, 7) is 3.88. The highest BCUT2D eigenvalue weighted by Crippen LogP contribution is 2.21.